The largest absolute Gasteiger partial charge is 0.462 e. The Morgan fingerprint density at radius 2 is 1.75 bits per heavy atom. The molecule has 0 saturated carbocycles. The molecule has 1 aliphatic heterocycles. The Hall–Kier alpha value is -1.26. The quantitative estimate of drug-likeness (QED) is 0.393. The van der Waals surface area contributed by atoms with Crippen molar-refractivity contribution >= 4 is 11.9 Å². The number of ether oxygens (including phenoxy) is 3. The van der Waals surface area contributed by atoms with Gasteiger partial charge in [-0.05, 0) is 13.8 Å². The molecule has 1 saturated heterocycles. The van der Waals surface area contributed by atoms with Gasteiger partial charge in [-0.3, -0.25) is 9.59 Å². The number of nitrogens with two attached hydrogens (primary N) is 2. The highest BCUT2D eigenvalue weighted by Crippen LogP contribution is 2.23. The minimum atomic E-state index is -1.52. The summed E-state index contributed by atoms with van der Waals surface area (Å²) in [6.07, 6.45) is -5.16. The van der Waals surface area contributed by atoms with Crippen LogP contribution in [0.15, 0.2) is 0 Å². The number of esters is 2. The highest BCUT2D eigenvalue weighted by Gasteiger charge is 2.46. The van der Waals surface area contributed by atoms with E-state index >= 15 is 0 Å². The van der Waals surface area contributed by atoms with Gasteiger partial charge in [-0.1, -0.05) is 0 Å². The average molecular weight is 292 g/mol. The van der Waals surface area contributed by atoms with Crippen LogP contribution < -0.4 is 11.5 Å². The van der Waals surface area contributed by atoms with Gasteiger partial charge < -0.3 is 35.9 Å². The Morgan fingerprint density at radius 1 is 1.20 bits per heavy atom. The lowest BCUT2D eigenvalue weighted by atomic mass is 10.1. The van der Waals surface area contributed by atoms with Crippen molar-refractivity contribution in [3.05, 3.63) is 0 Å². The highest BCUT2D eigenvalue weighted by molar-refractivity contribution is 5.75. The van der Waals surface area contributed by atoms with Crippen LogP contribution in [0.3, 0.4) is 0 Å². The van der Waals surface area contributed by atoms with Crippen molar-refractivity contribution in [1.29, 1.82) is 0 Å². The van der Waals surface area contributed by atoms with Gasteiger partial charge in [0.2, 0.25) is 0 Å². The standard InChI is InChI=1S/C11H20N2O7/c1-4(12)9(15)18-3-6-7(14)8(11(17)19-6)20-10(16)5(2)13/h4-8,11,14,17H,3,12-13H2,1-2H3/t4-,5-,6+,7+,8+,11?/m0/s1. The molecule has 9 heteroatoms. The van der Waals surface area contributed by atoms with Crippen LogP contribution in [0, 0.1) is 0 Å². The van der Waals surface area contributed by atoms with Crippen LogP contribution >= 0.6 is 0 Å². The van der Waals surface area contributed by atoms with E-state index in [4.69, 9.17) is 25.7 Å². The zero-order valence-corrected chi connectivity index (χ0v) is 11.3. The maximum Gasteiger partial charge on any atom is 0.323 e. The molecule has 6 N–H and O–H groups in total. The maximum atomic E-state index is 11.3. The van der Waals surface area contributed by atoms with E-state index in [1.165, 1.54) is 13.8 Å². The second kappa shape index (κ2) is 6.95. The first-order chi connectivity index (χ1) is 9.23. The Bertz CT molecular complexity index is 361. The predicted octanol–water partition coefficient (Wildman–Crippen LogP) is -2.79. The number of hydrogen-bond acceptors (Lipinski definition) is 9. The van der Waals surface area contributed by atoms with Gasteiger partial charge in [0.15, 0.2) is 12.4 Å². The molecule has 0 aromatic carbocycles. The van der Waals surface area contributed by atoms with Gasteiger partial charge in [0.25, 0.3) is 0 Å². The lowest BCUT2D eigenvalue weighted by Gasteiger charge is -2.19. The van der Waals surface area contributed by atoms with Gasteiger partial charge in [-0.2, -0.15) is 0 Å². The predicted molar refractivity (Wildman–Crippen MR) is 65.0 cm³/mol. The summed E-state index contributed by atoms with van der Waals surface area (Å²) >= 11 is 0. The van der Waals surface area contributed by atoms with E-state index in [-0.39, 0.29) is 6.61 Å². The van der Waals surface area contributed by atoms with E-state index < -0.39 is 48.6 Å². The minimum Gasteiger partial charge on any atom is -0.462 e. The lowest BCUT2D eigenvalue weighted by molar-refractivity contribution is -0.175. The summed E-state index contributed by atoms with van der Waals surface area (Å²) in [6, 6.07) is -1.71. The van der Waals surface area contributed by atoms with Gasteiger partial charge in [0, 0.05) is 0 Å². The van der Waals surface area contributed by atoms with Crippen LogP contribution in [0.25, 0.3) is 0 Å². The molecule has 20 heavy (non-hydrogen) atoms. The number of aliphatic hydroxyl groups is 2. The average Bonchev–Trinajstić information content (AvgIpc) is 2.63. The van der Waals surface area contributed by atoms with Gasteiger partial charge in [-0.25, -0.2) is 0 Å². The topological polar surface area (TPSA) is 154 Å². The zero-order valence-electron chi connectivity index (χ0n) is 11.3. The van der Waals surface area contributed by atoms with Crippen molar-refractivity contribution in [1.82, 2.24) is 0 Å². The second-order valence-corrected chi connectivity index (χ2v) is 4.66. The monoisotopic (exact) mass is 292 g/mol. The first kappa shape index (κ1) is 16.8. The number of carbonyl (C=O) groups excluding carboxylic acids is 2. The van der Waals surface area contributed by atoms with E-state index in [0.717, 1.165) is 0 Å². The van der Waals surface area contributed by atoms with E-state index in [2.05, 4.69) is 0 Å². The molecular formula is C11H20N2O7. The van der Waals surface area contributed by atoms with E-state index in [0.29, 0.717) is 0 Å². The third-order valence-corrected chi connectivity index (χ3v) is 2.70. The number of carbonyl (C=O) groups is 2. The molecule has 0 spiro atoms. The Morgan fingerprint density at radius 3 is 2.25 bits per heavy atom. The summed E-state index contributed by atoms with van der Waals surface area (Å²) in [5, 5.41) is 19.4. The summed E-state index contributed by atoms with van der Waals surface area (Å²) in [6.45, 7) is 2.53. The smallest absolute Gasteiger partial charge is 0.323 e. The van der Waals surface area contributed by atoms with Crippen molar-refractivity contribution in [2.75, 3.05) is 6.61 Å². The molecule has 1 fully saturated rings. The van der Waals surface area contributed by atoms with Gasteiger partial charge in [0.05, 0.1) is 0 Å². The van der Waals surface area contributed by atoms with Gasteiger partial charge in [-0.15, -0.1) is 0 Å². The van der Waals surface area contributed by atoms with Crippen LogP contribution in [0.1, 0.15) is 13.8 Å². The fraction of sp³-hybridized carbons (Fsp3) is 0.818. The molecule has 1 unspecified atom stereocenters. The molecule has 0 aromatic rings. The molecule has 0 aliphatic carbocycles. The third-order valence-electron chi connectivity index (χ3n) is 2.70. The van der Waals surface area contributed by atoms with E-state index in [1.54, 1.807) is 0 Å². The van der Waals surface area contributed by atoms with Crippen molar-refractivity contribution in [2.45, 2.75) is 50.5 Å². The second-order valence-electron chi connectivity index (χ2n) is 4.66. The van der Waals surface area contributed by atoms with Crippen molar-refractivity contribution < 1.29 is 34.0 Å². The molecule has 0 radical (unpaired) electrons. The molecule has 0 bridgehead atoms. The van der Waals surface area contributed by atoms with E-state index in [9.17, 15) is 19.8 Å². The molecule has 6 atom stereocenters. The van der Waals surface area contributed by atoms with Crippen LogP contribution in [-0.4, -0.2) is 65.4 Å². The third kappa shape index (κ3) is 4.12. The molecule has 1 rings (SSSR count). The molecule has 116 valence electrons. The summed E-state index contributed by atoms with van der Waals surface area (Å²) < 4.78 is 14.6. The molecule has 1 heterocycles. The normalized spacial score (nSPS) is 32.5. The number of aliphatic hydroxyl groups excluding tert-OH is 2. The molecule has 9 nitrogen and oxygen atoms in total. The minimum absolute atomic E-state index is 0.315. The van der Waals surface area contributed by atoms with Crippen LogP contribution in [0.2, 0.25) is 0 Å². The Balaban J connectivity index is 2.53. The highest BCUT2D eigenvalue weighted by atomic mass is 16.7. The number of hydrogen-bond donors (Lipinski definition) is 4. The Labute approximate surface area is 115 Å². The SMILES string of the molecule is C[C@H](N)C(=O)OC[C@H]1OC(O)[C@H](OC(=O)[C@H](C)N)[C@@H]1O. The van der Waals surface area contributed by atoms with Crippen LogP contribution in [0.4, 0.5) is 0 Å². The first-order valence-electron chi connectivity index (χ1n) is 6.14. The fourth-order valence-corrected chi connectivity index (χ4v) is 1.52. The number of rotatable bonds is 5. The molecular weight excluding hydrogens is 272 g/mol. The van der Waals surface area contributed by atoms with Crippen molar-refractivity contribution in [3.63, 3.8) is 0 Å². The van der Waals surface area contributed by atoms with Gasteiger partial charge in [0.1, 0.15) is 30.9 Å². The lowest BCUT2D eigenvalue weighted by Crippen LogP contribution is -2.42. The van der Waals surface area contributed by atoms with Crippen LogP contribution in [-0.2, 0) is 23.8 Å². The van der Waals surface area contributed by atoms with Crippen molar-refractivity contribution in [2.24, 2.45) is 11.5 Å². The fourth-order valence-electron chi connectivity index (χ4n) is 1.52. The maximum absolute atomic E-state index is 11.3. The summed E-state index contributed by atoms with van der Waals surface area (Å²) in [4.78, 5) is 22.5. The summed E-state index contributed by atoms with van der Waals surface area (Å²) in [5.41, 5.74) is 10.6. The summed E-state index contributed by atoms with van der Waals surface area (Å²) in [5.74, 6) is -1.46. The Kier molecular flexibility index (Phi) is 5.84. The molecule has 1 aliphatic rings. The van der Waals surface area contributed by atoms with Crippen LogP contribution in [0.5, 0.6) is 0 Å². The molecule has 0 aromatic heterocycles. The first-order valence-corrected chi connectivity index (χ1v) is 6.14. The zero-order chi connectivity index (χ0) is 15.4. The van der Waals surface area contributed by atoms with E-state index in [1.807, 2.05) is 0 Å². The summed E-state index contributed by atoms with van der Waals surface area (Å²) in [7, 11) is 0. The van der Waals surface area contributed by atoms with Crippen molar-refractivity contribution in [3.8, 4) is 0 Å². The van der Waals surface area contributed by atoms with Gasteiger partial charge >= 0.3 is 11.9 Å². The molecule has 0 amide bonds.